The molecule has 0 bridgehead atoms. The Hall–Kier alpha value is -4.34. The summed E-state index contributed by atoms with van der Waals surface area (Å²) in [5.41, 5.74) is 3.82. The van der Waals surface area contributed by atoms with Crippen molar-refractivity contribution < 1.29 is 10.2 Å². The van der Waals surface area contributed by atoms with Crippen molar-refractivity contribution in [2.45, 2.75) is 12.1 Å². The molecule has 3 nitrogen and oxygen atoms in total. The van der Waals surface area contributed by atoms with Crippen molar-refractivity contribution in [1.82, 2.24) is 5.32 Å². The zero-order chi connectivity index (χ0) is 23.5. The fourth-order valence-corrected chi connectivity index (χ4v) is 5.86. The van der Waals surface area contributed by atoms with Crippen LogP contribution in [0.15, 0.2) is 109 Å². The van der Waals surface area contributed by atoms with Crippen LogP contribution in [0.2, 0.25) is 0 Å². The molecule has 0 aromatic heterocycles. The van der Waals surface area contributed by atoms with E-state index in [4.69, 9.17) is 0 Å². The van der Waals surface area contributed by atoms with Crippen LogP contribution < -0.4 is 5.32 Å². The van der Waals surface area contributed by atoms with Gasteiger partial charge in [0, 0.05) is 11.1 Å². The van der Waals surface area contributed by atoms with Gasteiger partial charge in [0.25, 0.3) is 0 Å². The minimum Gasteiger partial charge on any atom is -0.508 e. The molecule has 6 aromatic rings. The van der Waals surface area contributed by atoms with E-state index < -0.39 is 0 Å². The topological polar surface area (TPSA) is 52.5 Å². The lowest BCUT2D eigenvalue weighted by Gasteiger charge is -2.36. The van der Waals surface area contributed by atoms with Gasteiger partial charge in [0.15, 0.2) is 0 Å². The quantitative estimate of drug-likeness (QED) is 0.257. The SMILES string of the molecule is Oc1ccc2ccc(O)c3c2c1[C@H](c1cccc2ccccc12)N[C@H]3c1cccc2ccccc12. The summed E-state index contributed by atoms with van der Waals surface area (Å²) in [7, 11) is 0. The number of phenolic OH excluding ortho intramolecular Hbond substituents is 2. The van der Waals surface area contributed by atoms with Gasteiger partial charge in [-0.2, -0.15) is 0 Å². The first-order valence-electron chi connectivity index (χ1n) is 11.9. The van der Waals surface area contributed by atoms with Crippen LogP contribution in [0.5, 0.6) is 11.5 Å². The summed E-state index contributed by atoms with van der Waals surface area (Å²) < 4.78 is 0. The second kappa shape index (κ2) is 7.59. The number of nitrogens with one attached hydrogen (secondary N) is 1. The second-order valence-corrected chi connectivity index (χ2v) is 9.26. The smallest absolute Gasteiger partial charge is 0.121 e. The number of hydrogen-bond donors (Lipinski definition) is 3. The maximum atomic E-state index is 11.2. The molecule has 2 atom stereocenters. The highest BCUT2D eigenvalue weighted by Gasteiger charge is 2.35. The molecule has 1 aliphatic heterocycles. The average molecular weight is 454 g/mol. The Morgan fingerprint density at radius 3 is 1.43 bits per heavy atom. The molecule has 0 unspecified atom stereocenters. The molecule has 6 aromatic carbocycles. The monoisotopic (exact) mass is 453 g/mol. The summed E-state index contributed by atoms with van der Waals surface area (Å²) in [5, 5.41) is 32.7. The summed E-state index contributed by atoms with van der Waals surface area (Å²) in [5.74, 6) is 0.456. The number of benzene rings is 6. The number of aromatic hydroxyl groups is 2. The molecule has 1 heterocycles. The molecular formula is C32H23NO2. The largest absolute Gasteiger partial charge is 0.508 e. The molecule has 0 radical (unpaired) electrons. The van der Waals surface area contributed by atoms with E-state index in [2.05, 4.69) is 78.1 Å². The fourth-order valence-electron chi connectivity index (χ4n) is 5.86. The van der Waals surface area contributed by atoms with E-state index in [1.807, 2.05) is 24.3 Å². The predicted octanol–water partition coefficient (Wildman–Crippen LogP) is 7.34. The van der Waals surface area contributed by atoms with Crippen LogP contribution >= 0.6 is 0 Å². The molecule has 0 saturated heterocycles. The van der Waals surface area contributed by atoms with Gasteiger partial charge in [0.1, 0.15) is 11.5 Å². The predicted molar refractivity (Wildman–Crippen MR) is 142 cm³/mol. The van der Waals surface area contributed by atoms with Crippen molar-refractivity contribution in [2.24, 2.45) is 0 Å². The lowest BCUT2D eigenvalue weighted by molar-refractivity contribution is 0.434. The summed E-state index contributed by atoms with van der Waals surface area (Å²) in [6.07, 6.45) is 0. The van der Waals surface area contributed by atoms with E-state index in [1.165, 1.54) is 0 Å². The first-order valence-corrected chi connectivity index (χ1v) is 11.9. The van der Waals surface area contributed by atoms with Crippen LogP contribution in [0.25, 0.3) is 32.3 Å². The number of hydrogen-bond acceptors (Lipinski definition) is 3. The van der Waals surface area contributed by atoms with Gasteiger partial charge < -0.3 is 10.2 Å². The summed E-state index contributed by atoms with van der Waals surface area (Å²) >= 11 is 0. The Morgan fingerprint density at radius 1 is 0.457 bits per heavy atom. The van der Waals surface area contributed by atoms with E-state index in [0.29, 0.717) is 0 Å². The molecule has 0 aliphatic carbocycles. The minimum atomic E-state index is -0.261. The van der Waals surface area contributed by atoms with Crippen LogP contribution in [-0.4, -0.2) is 10.2 Å². The molecule has 0 spiro atoms. The maximum Gasteiger partial charge on any atom is 0.121 e. The molecular weight excluding hydrogens is 430 g/mol. The Morgan fingerprint density at radius 2 is 0.914 bits per heavy atom. The van der Waals surface area contributed by atoms with E-state index in [0.717, 1.165) is 54.6 Å². The van der Waals surface area contributed by atoms with Crippen LogP contribution in [0.3, 0.4) is 0 Å². The standard InChI is InChI=1S/C32H23NO2/c34-26-17-15-21-16-18-27(35)30-28(21)29(26)31(24-13-5-9-19-7-1-3-11-22(19)24)33-32(30)25-14-6-10-20-8-2-4-12-23(20)25/h1-18,31-35H/t31-,32-/m0/s1. The summed E-state index contributed by atoms with van der Waals surface area (Å²) in [4.78, 5) is 0. The second-order valence-electron chi connectivity index (χ2n) is 9.26. The molecule has 1 aliphatic rings. The van der Waals surface area contributed by atoms with Crippen molar-refractivity contribution in [2.75, 3.05) is 0 Å². The molecule has 3 heteroatoms. The van der Waals surface area contributed by atoms with Gasteiger partial charge in [0.2, 0.25) is 0 Å². The third-order valence-corrected chi connectivity index (χ3v) is 7.40. The first-order chi connectivity index (χ1) is 17.2. The zero-order valence-electron chi connectivity index (χ0n) is 18.9. The summed E-state index contributed by atoms with van der Waals surface area (Å²) in [6, 6.07) is 36.2. The zero-order valence-corrected chi connectivity index (χ0v) is 18.9. The van der Waals surface area contributed by atoms with Gasteiger partial charge in [-0.05, 0) is 55.6 Å². The average Bonchev–Trinajstić information content (AvgIpc) is 2.91. The number of phenols is 2. The molecule has 0 fully saturated rings. The first kappa shape index (κ1) is 20.1. The van der Waals surface area contributed by atoms with E-state index in [-0.39, 0.29) is 23.6 Å². The maximum absolute atomic E-state index is 11.2. The third-order valence-electron chi connectivity index (χ3n) is 7.40. The van der Waals surface area contributed by atoms with Crippen molar-refractivity contribution >= 4 is 32.3 Å². The van der Waals surface area contributed by atoms with E-state index >= 15 is 0 Å². The van der Waals surface area contributed by atoms with Gasteiger partial charge >= 0.3 is 0 Å². The van der Waals surface area contributed by atoms with Crippen molar-refractivity contribution in [1.29, 1.82) is 0 Å². The third kappa shape index (κ3) is 2.95. The molecule has 168 valence electrons. The minimum absolute atomic E-state index is 0.228. The lowest BCUT2D eigenvalue weighted by Crippen LogP contribution is -2.32. The lowest BCUT2D eigenvalue weighted by atomic mass is 9.80. The van der Waals surface area contributed by atoms with Crippen LogP contribution in [0.4, 0.5) is 0 Å². The highest BCUT2D eigenvalue weighted by Crippen LogP contribution is 2.49. The Bertz CT molecular complexity index is 1640. The van der Waals surface area contributed by atoms with Crippen molar-refractivity contribution in [3.63, 3.8) is 0 Å². The van der Waals surface area contributed by atoms with E-state index in [9.17, 15) is 10.2 Å². The number of rotatable bonds is 2. The van der Waals surface area contributed by atoms with Crippen molar-refractivity contribution in [3.05, 3.63) is 131 Å². The molecule has 0 saturated carbocycles. The molecule has 35 heavy (non-hydrogen) atoms. The summed E-state index contributed by atoms with van der Waals surface area (Å²) in [6.45, 7) is 0. The van der Waals surface area contributed by atoms with Gasteiger partial charge in [-0.3, -0.25) is 5.32 Å². The molecule has 0 amide bonds. The van der Waals surface area contributed by atoms with Crippen LogP contribution in [0, 0.1) is 0 Å². The highest BCUT2D eigenvalue weighted by molar-refractivity contribution is 5.97. The van der Waals surface area contributed by atoms with Gasteiger partial charge in [0.05, 0.1) is 12.1 Å². The Balaban J connectivity index is 1.59. The van der Waals surface area contributed by atoms with Gasteiger partial charge in [-0.15, -0.1) is 0 Å². The Labute approximate surface area is 202 Å². The molecule has 3 N–H and O–H groups in total. The van der Waals surface area contributed by atoms with Crippen LogP contribution in [-0.2, 0) is 0 Å². The fraction of sp³-hybridized carbons (Fsp3) is 0.0625. The van der Waals surface area contributed by atoms with E-state index in [1.54, 1.807) is 12.1 Å². The van der Waals surface area contributed by atoms with Gasteiger partial charge in [-0.25, -0.2) is 0 Å². The Kier molecular flexibility index (Phi) is 4.35. The highest BCUT2D eigenvalue weighted by atomic mass is 16.3. The van der Waals surface area contributed by atoms with Gasteiger partial charge in [-0.1, -0.05) is 97.1 Å². The molecule has 7 rings (SSSR count). The number of fused-ring (bicyclic) bond motifs is 2. The van der Waals surface area contributed by atoms with Crippen molar-refractivity contribution in [3.8, 4) is 11.5 Å². The van der Waals surface area contributed by atoms with Crippen LogP contribution in [0.1, 0.15) is 34.3 Å². The normalized spacial score (nSPS) is 17.3.